The molecule has 1 aliphatic heterocycles. The first-order valence-electron chi connectivity index (χ1n) is 9.41. The summed E-state index contributed by atoms with van der Waals surface area (Å²) >= 11 is 9.11. The maximum Gasteiger partial charge on any atom is 0.389 e. The number of halogens is 4. The second-order valence-corrected chi connectivity index (χ2v) is 9.59. The minimum Gasteiger partial charge on any atom is -0.352 e. The summed E-state index contributed by atoms with van der Waals surface area (Å²) in [6.45, 7) is -0.0382. The number of hydrogen-bond donors (Lipinski definition) is 1. The summed E-state index contributed by atoms with van der Waals surface area (Å²) in [5.41, 5.74) is 1.10. The molecule has 1 aliphatic rings. The molecule has 9 heteroatoms. The predicted octanol–water partition coefficient (Wildman–Crippen LogP) is 5.69. The minimum absolute atomic E-state index is 0.0382. The molecule has 1 N–H and O–H groups in total. The first kappa shape index (κ1) is 21.9. The second kappa shape index (κ2) is 9.06. The van der Waals surface area contributed by atoms with Crippen molar-refractivity contribution < 1.29 is 18.0 Å². The van der Waals surface area contributed by atoms with Crippen molar-refractivity contribution in [1.29, 1.82) is 0 Å². The highest BCUT2D eigenvalue weighted by Crippen LogP contribution is 2.41. The zero-order valence-corrected chi connectivity index (χ0v) is 18.4. The van der Waals surface area contributed by atoms with E-state index in [0.29, 0.717) is 9.90 Å². The normalized spacial score (nSPS) is 13.1. The lowest BCUT2D eigenvalue weighted by molar-refractivity contribution is -0.135. The molecule has 2 aromatic carbocycles. The van der Waals surface area contributed by atoms with Crippen molar-refractivity contribution in [3.05, 3.63) is 80.0 Å². The number of para-hydroxylation sites is 1. The van der Waals surface area contributed by atoms with Gasteiger partial charge in [-0.2, -0.15) is 13.2 Å². The number of amides is 1. The first-order chi connectivity index (χ1) is 14.8. The van der Waals surface area contributed by atoms with Crippen molar-refractivity contribution in [3.63, 3.8) is 0 Å². The zero-order chi connectivity index (χ0) is 22.0. The first-order valence-corrected chi connectivity index (χ1v) is 11.4. The quantitative estimate of drug-likeness (QED) is 0.477. The van der Waals surface area contributed by atoms with Crippen LogP contribution in [-0.2, 0) is 0 Å². The van der Waals surface area contributed by atoms with E-state index < -0.39 is 18.5 Å². The molecule has 0 unspecified atom stereocenters. The molecule has 0 aliphatic carbocycles. The van der Waals surface area contributed by atoms with Gasteiger partial charge in [-0.05, 0) is 42.8 Å². The third kappa shape index (κ3) is 5.31. The maximum atomic E-state index is 12.5. The third-order valence-electron chi connectivity index (χ3n) is 4.54. The van der Waals surface area contributed by atoms with Crippen LogP contribution in [0, 0.1) is 0 Å². The lowest BCUT2D eigenvalue weighted by Gasteiger charge is -2.10. The summed E-state index contributed by atoms with van der Waals surface area (Å²) < 4.78 is 37.5. The standard InChI is InChI=1S/C22H16ClF3N2OS2/c23-19-9-8-17(30-19)20-14-4-1-2-5-15(14)28-16-7-6-13(12-18(16)31-20)21(29)27-11-3-10-22(24,25)26/h1-2,4-9,12H,3,10-11H2,(H,27,29). The Hall–Kier alpha value is -2.29. The largest absolute Gasteiger partial charge is 0.389 e. The zero-order valence-electron chi connectivity index (χ0n) is 16.0. The van der Waals surface area contributed by atoms with Gasteiger partial charge in [-0.1, -0.05) is 41.6 Å². The molecule has 31 heavy (non-hydrogen) atoms. The molecule has 4 rings (SSSR count). The van der Waals surface area contributed by atoms with Crippen molar-refractivity contribution >= 4 is 51.2 Å². The lowest BCUT2D eigenvalue weighted by atomic mass is 10.2. The monoisotopic (exact) mass is 480 g/mol. The van der Waals surface area contributed by atoms with E-state index in [1.807, 2.05) is 36.4 Å². The van der Waals surface area contributed by atoms with Gasteiger partial charge in [-0.25, -0.2) is 4.99 Å². The SMILES string of the molecule is O=C(NCCCC(F)(F)F)c1ccc2c(c1)SC(c1ccc(Cl)s1)=c1ccccc1=N2. The van der Waals surface area contributed by atoms with Gasteiger partial charge in [0.2, 0.25) is 0 Å². The fraction of sp³-hybridized carbons (Fsp3) is 0.182. The van der Waals surface area contributed by atoms with Crippen LogP contribution in [0.15, 0.2) is 64.5 Å². The molecular formula is C22H16ClF3N2OS2. The average Bonchev–Trinajstić information content (AvgIpc) is 3.08. The number of thioether (sulfide) groups is 1. The highest BCUT2D eigenvalue weighted by molar-refractivity contribution is 8.08. The highest BCUT2D eigenvalue weighted by Gasteiger charge is 2.26. The number of carbonyl (C=O) groups is 1. The Morgan fingerprint density at radius 1 is 1.10 bits per heavy atom. The Morgan fingerprint density at radius 3 is 2.65 bits per heavy atom. The van der Waals surface area contributed by atoms with E-state index >= 15 is 0 Å². The minimum atomic E-state index is -4.22. The molecule has 3 nitrogen and oxygen atoms in total. The summed E-state index contributed by atoms with van der Waals surface area (Å²) in [7, 11) is 0. The van der Waals surface area contributed by atoms with Crippen molar-refractivity contribution in [1.82, 2.24) is 5.32 Å². The van der Waals surface area contributed by atoms with Crippen LogP contribution in [-0.4, -0.2) is 18.6 Å². The summed E-state index contributed by atoms with van der Waals surface area (Å²) in [5.74, 6) is -0.409. The van der Waals surface area contributed by atoms with Crippen molar-refractivity contribution in [2.45, 2.75) is 23.9 Å². The van der Waals surface area contributed by atoms with E-state index in [1.165, 1.54) is 23.1 Å². The van der Waals surface area contributed by atoms with Gasteiger partial charge < -0.3 is 5.32 Å². The Kier molecular flexibility index (Phi) is 6.41. The summed E-state index contributed by atoms with van der Waals surface area (Å²) in [6.07, 6.45) is -5.30. The Balaban J connectivity index is 1.63. The van der Waals surface area contributed by atoms with Gasteiger partial charge >= 0.3 is 6.18 Å². The van der Waals surface area contributed by atoms with Crippen LogP contribution in [0.4, 0.5) is 18.9 Å². The van der Waals surface area contributed by atoms with Gasteiger partial charge in [-0.3, -0.25) is 4.79 Å². The van der Waals surface area contributed by atoms with Gasteiger partial charge in [0.15, 0.2) is 0 Å². The van der Waals surface area contributed by atoms with Crippen LogP contribution < -0.4 is 15.9 Å². The van der Waals surface area contributed by atoms with E-state index in [0.717, 1.165) is 30.9 Å². The molecule has 0 atom stereocenters. The highest BCUT2D eigenvalue weighted by atomic mass is 35.5. The molecule has 3 aromatic rings. The lowest BCUT2D eigenvalue weighted by Crippen LogP contribution is -2.25. The van der Waals surface area contributed by atoms with E-state index in [9.17, 15) is 18.0 Å². The molecular weight excluding hydrogens is 465 g/mol. The van der Waals surface area contributed by atoms with Crippen LogP contribution in [0.2, 0.25) is 4.34 Å². The van der Waals surface area contributed by atoms with Gasteiger partial charge in [-0.15, -0.1) is 11.3 Å². The number of benzene rings is 2. The topological polar surface area (TPSA) is 41.5 Å². The number of nitrogens with one attached hydrogen (secondary N) is 1. The molecule has 0 saturated carbocycles. The summed E-state index contributed by atoms with van der Waals surface area (Å²) in [5, 5.41) is 4.35. The van der Waals surface area contributed by atoms with Gasteiger partial charge in [0.25, 0.3) is 5.91 Å². The number of alkyl halides is 3. The molecule has 0 bridgehead atoms. The number of carbonyl (C=O) groups excluding carboxylic acids is 1. The van der Waals surface area contributed by atoms with Crippen molar-refractivity contribution in [2.24, 2.45) is 4.99 Å². The third-order valence-corrected chi connectivity index (χ3v) is 7.11. The van der Waals surface area contributed by atoms with Crippen molar-refractivity contribution in [3.8, 4) is 0 Å². The molecule has 0 fully saturated rings. The van der Waals surface area contributed by atoms with Crippen LogP contribution in [0.1, 0.15) is 28.1 Å². The van der Waals surface area contributed by atoms with E-state index in [4.69, 9.17) is 16.6 Å². The fourth-order valence-corrected chi connectivity index (χ4v) is 5.42. The van der Waals surface area contributed by atoms with Crippen molar-refractivity contribution in [2.75, 3.05) is 6.54 Å². The molecule has 0 saturated heterocycles. The van der Waals surface area contributed by atoms with Gasteiger partial charge in [0, 0.05) is 38.4 Å². The Labute approximate surface area is 189 Å². The van der Waals surface area contributed by atoms with Crippen LogP contribution in [0.3, 0.4) is 0 Å². The van der Waals surface area contributed by atoms with E-state index in [1.54, 1.807) is 18.2 Å². The number of fused-ring (bicyclic) bond motifs is 2. The molecule has 1 amide bonds. The molecule has 160 valence electrons. The molecule has 2 heterocycles. The Morgan fingerprint density at radius 2 is 1.90 bits per heavy atom. The maximum absolute atomic E-state index is 12.5. The van der Waals surface area contributed by atoms with Gasteiger partial charge in [0.1, 0.15) is 0 Å². The fourth-order valence-electron chi connectivity index (χ4n) is 3.10. The molecule has 1 aromatic heterocycles. The Bertz CT molecular complexity index is 1250. The van der Waals surface area contributed by atoms with E-state index in [2.05, 4.69) is 5.32 Å². The predicted molar refractivity (Wildman–Crippen MR) is 119 cm³/mol. The average molecular weight is 481 g/mol. The van der Waals surface area contributed by atoms with Gasteiger partial charge in [0.05, 0.1) is 15.4 Å². The second-order valence-electron chi connectivity index (χ2n) is 6.82. The smallest absolute Gasteiger partial charge is 0.352 e. The summed E-state index contributed by atoms with van der Waals surface area (Å²) in [6, 6.07) is 16.7. The summed E-state index contributed by atoms with van der Waals surface area (Å²) in [4.78, 5) is 20.0. The number of hydrogen-bond acceptors (Lipinski definition) is 4. The van der Waals surface area contributed by atoms with Crippen LogP contribution in [0.5, 0.6) is 0 Å². The molecule has 0 spiro atoms. The van der Waals surface area contributed by atoms with Crippen LogP contribution in [0.25, 0.3) is 4.91 Å². The number of nitrogens with zero attached hydrogens (tertiary/aromatic N) is 1. The van der Waals surface area contributed by atoms with Crippen LogP contribution >= 0.6 is 34.7 Å². The molecule has 0 radical (unpaired) electrons. The number of rotatable bonds is 5. The number of thiophene rings is 1. The van der Waals surface area contributed by atoms with E-state index in [-0.39, 0.29) is 13.0 Å².